The van der Waals surface area contributed by atoms with Crippen molar-refractivity contribution in [1.82, 2.24) is 14.6 Å². The summed E-state index contributed by atoms with van der Waals surface area (Å²) in [4.78, 5) is 7.28. The SMILES string of the molecule is COCc1nn2c(-c3ccc(Cl)cc3)cc(N3CCCC3CO)nc2c1-c1ccc(OC)cc1. The molecule has 1 aliphatic rings. The summed E-state index contributed by atoms with van der Waals surface area (Å²) in [7, 11) is 3.32. The average Bonchev–Trinajstić information content (AvgIpc) is 3.49. The lowest BCUT2D eigenvalue weighted by atomic mass is 10.1. The topological polar surface area (TPSA) is 72.1 Å². The molecule has 2 aromatic carbocycles. The largest absolute Gasteiger partial charge is 0.497 e. The molecule has 1 saturated heterocycles. The second-order valence-corrected chi connectivity index (χ2v) is 8.83. The van der Waals surface area contributed by atoms with Crippen molar-refractivity contribution in [2.45, 2.75) is 25.5 Å². The Morgan fingerprint density at radius 3 is 2.47 bits per heavy atom. The van der Waals surface area contributed by atoms with Crippen molar-refractivity contribution in [2.24, 2.45) is 0 Å². The molecule has 1 aliphatic heterocycles. The Balaban J connectivity index is 1.78. The van der Waals surface area contributed by atoms with E-state index in [2.05, 4.69) is 4.90 Å². The van der Waals surface area contributed by atoms with Gasteiger partial charge in [-0.3, -0.25) is 0 Å². The van der Waals surface area contributed by atoms with Gasteiger partial charge < -0.3 is 19.5 Å². The first kappa shape index (κ1) is 22.7. The summed E-state index contributed by atoms with van der Waals surface area (Å²) in [5, 5.41) is 15.6. The van der Waals surface area contributed by atoms with Gasteiger partial charge in [-0.25, -0.2) is 9.50 Å². The van der Waals surface area contributed by atoms with Crippen molar-refractivity contribution < 1.29 is 14.6 Å². The van der Waals surface area contributed by atoms with Crippen LogP contribution in [0.15, 0.2) is 54.6 Å². The van der Waals surface area contributed by atoms with Crippen LogP contribution in [0.1, 0.15) is 18.5 Å². The highest BCUT2D eigenvalue weighted by Gasteiger charge is 2.27. The molecule has 0 amide bonds. The number of fused-ring (bicyclic) bond motifs is 1. The van der Waals surface area contributed by atoms with Gasteiger partial charge in [-0.1, -0.05) is 35.9 Å². The first-order valence-electron chi connectivity index (χ1n) is 11.3. The molecule has 8 heteroatoms. The molecular weight excluding hydrogens is 452 g/mol. The third kappa shape index (κ3) is 4.11. The smallest absolute Gasteiger partial charge is 0.166 e. The molecule has 0 bridgehead atoms. The zero-order valence-electron chi connectivity index (χ0n) is 19.2. The van der Waals surface area contributed by atoms with Crippen molar-refractivity contribution in [3.63, 3.8) is 0 Å². The highest BCUT2D eigenvalue weighted by molar-refractivity contribution is 6.30. The van der Waals surface area contributed by atoms with Gasteiger partial charge in [0.1, 0.15) is 11.6 Å². The Labute approximate surface area is 203 Å². The van der Waals surface area contributed by atoms with Gasteiger partial charge >= 0.3 is 0 Å². The number of ether oxygens (including phenoxy) is 2. The molecule has 1 unspecified atom stereocenters. The minimum absolute atomic E-state index is 0.0545. The number of halogens is 1. The maximum Gasteiger partial charge on any atom is 0.166 e. The Hall–Kier alpha value is -3.13. The lowest BCUT2D eigenvalue weighted by molar-refractivity contribution is 0.181. The summed E-state index contributed by atoms with van der Waals surface area (Å²) in [6.07, 6.45) is 1.97. The van der Waals surface area contributed by atoms with Crippen molar-refractivity contribution >= 4 is 23.1 Å². The van der Waals surface area contributed by atoms with Gasteiger partial charge in [0.2, 0.25) is 0 Å². The first-order valence-corrected chi connectivity index (χ1v) is 11.7. The van der Waals surface area contributed by atoms with Crippen LogP contribution < -0.4 is 9.64 Å². The molecule has 0 spiro atoms. The van der Waals surface area contributed by atoms with Crippen LogP contribution in [-0.2, 0) is 11.3 Å². The Kier molecular flexibility index (Phi) is 6.41. The number of aromatic nitrogens is 3. The summed E-state index contributed by atoms with van der Waals surface area (Å²) in [5.74, 6) is 1.61. The van der Waals surface area contributed by atoms with Crippen LogP contribution in [0.25, 0.3) is 28.0 Å². The predicted octanol–water partition coefficient (Wildman–Crippen LogP) is 4.83. The lowest BCUT2D eigenvalue weighted by Gasteiger charge is -2.25. The highest BCUT2D eigenvalue weighted by Crippen LogP contribution is 2.35. The van der Waals surface area contributed by atoms with E-state index in [0.717, 1.165) is 64.7 Å². The molecule has 1 atom stereocenters. The molecule has 7 nitrogen and oxygen atoms in total. The van der Waals surface area contributed by atoms with Crippen molar-refractivity contribution in [3.05, 3.63) is 65.3 Å². The highest BCUT2D eigenvalue weighted by atomic mass is 35.5. The molecule has 4 aromatic rings. The number of anilines is 1. The van der Waals surface area contributed by atoms with Gasteiger partial charge in [0.05, 0.1) is 43.3 Å². The van der Waals surface area contributed by atoms with E-state index < -0.39 is 0 Å². The monoisotopic (exact) mass is 478 g/mol. The number of benzene rings is 2. The zero-order chi connectivity index (χ0) is 23.7. The number of aliphatic hydroxyl groups excluding tert-OH is 1. The Morgan fingerprint density at radius 2 is 1.79 bits per heavy atom. The number of hydrogen-bond acceptors (Lipinski definition) is 6. The van der Waals surface area contributed by atoms with Crippen LogP contribution in [0.2, 0.25) is 5.02 Å². The second-order valence-electron chi connectivity index (χ2n) is 8.40. The fraction of sp³-hybridized carbons (Fsp3) is 0.308. The van der Waals surface area contributed by atoms with E-state index in [1.54, 1.807) is 14.2 Å². The van der Waals surface area contributed by atoms with Crippen molar-refractivity contribution in [2.75, 3.05) is 32.3 Å². The van der Waals surface area contributed by atoms with Gasteiger partial charge in [0, 0.05) is 30.3 Å². The first-order chi connectivity index (χ1) is 16.6. The molecule has 34 heavy (non-hydrogen) atoms. The van der Waals surface area contributed by atoms with Crippen LogP contribution in [0.4, 0.5) is 5.82 Å². The number of aliphatic hydroxyl groups is 1. The number of hydrogen-bond donors (Lipinski definition) is 1. The van der Waals surface area contributed by atoms with Crippen LogP contribution in [0.3, 0.4) is 0 Å². The maximum atomic E-state index is 9.95. The average molecular weight is 479 g/mol. The fourth-order valence-electron chi connectivity index (χ4n) is 4.64. The quantitative estimate of drug-likeness (QED) is 0.410. The van der Waals surface area contributed by atoms with Crippen molar-refractivity contribution in [1.29, 1.82) is 0 Å². The number of methoxy groups -OCH3 is 2. The molecule has 1 fully saturated rings. The molecule has 5 rings (SSSR count). The predicted molar refractivity (Wildman–Crippen MR) is 134 cm³/mol. The minimum Gasteiger partial charge on any atom is -0.497 e. The molecule has 0 radical (unpaired) electrons. The summed E-state index contributed by atoms with van der Waals surface area (Å²) in [6.45, 7) is 1.30. The summed E-state index contributed by atoms with van der Waals surface area (Å²) < 4.78 is 12.7. The fourth-order valence-corrected chi connectivity index (χ4v) is 4.77. The lowest BCUT2D eigenvalue weighted by Crippen LogP contribution is -2.32. The molecule has 1 N–H and O–H groups in total. The Bertz CT molecular complexity index is 1290. The van der Waals surface area contributed by atoms with E-state index >= 15 is 0 Å². The van der Waals surface area contributed by atoms with E-state index in [9.17, 15) is 5.11 Å². The summed E-state index contributed by atoms with van der Waals surface area (Å²) in [6, 6.07) is 17.7. The van der Waals surface area contributed by atoms with E-state index in [1.165, 1.54) is 0 Å². The maximum absolute atomic E-state index is 9.95. The number of rotatable bonds is 7. The minimum atomic E-state index is 0.0545. The summed E-state index contributed by atoms with van der Waals surface area (Å²) in [5.41, 5.74) is 5.31. The van der Waals surface area contributed by atoms with Gasteiger partial charge in [-0.2, -0.15) is 5.10 Å². The molecule has 3 heterocycles. The van der Waals surface area contributed by atoms with E-state index in [4.69, 9.17) is 31.2 Å². The normalized spacial score (nSPS) is 15.9. The van der Waals surface area contributed by atoms with Gasteiger partial charge in [-0.05, 0) is 42.7 Å². The zero-order valence-corrected chi connectivity index (χ0v) is 20.0. The van der Waals surface area contributed by atoms with E-state index in [0.29, 0.717) is 11.6 Å². The van der Waals surface area contributed by atoms with E-state index in [-0.39, 0.29) is 12.6 Å². The standard InChI is InChI=1S/C26H27ClN4O3/c1-33-16-22-25(18-7-11-21(34-2)12-8-18)26-28-24(30-13-3-4-20(30)15-32)14-23(31(26)29-22)17-5-9-19(27)10-6-17/h5-12,14,20,32H,3-4,13,15-16H2,1-2H3. The number of nitrogens with zero attached hydrogens (tertiary/aromatic N) is 4. The molecule has 0 aliphatic carbocycles. The van der Waals surface area contributed by atoms with Crippen LogP contribution in [0, 0.1) is 0 Å². The summed E-state index contributed by atoms with van der Waals surface area (Å²) >= 11 is 6.17. The third-order valence-corrected chi connectivity index (χ3v) is 6.58. The van der Waals surface area contributed by atoms with Crippen molar-refractivity contribution in [3.8, 4) is 28.1 Å². The molecule has 176 valence electrons. The van der Waals surface area contributed by atoms with E-state index in [1.807, 2.05) is 59.1 Å². The second kappa shape index (κ2) is 9.62. The third-order valence-electron chi connectivity index (χ3n) is 6.33. The van der Waals surface area contributed by atoms with Crippen LogP contribution >= 0.6 is 11.6 Å². The molecule has 0 saturated carbocycles. The van der Waals surface area contributed by atoms with Gasteiger partial charge in [0.25, 0.3) is 0 Å². The molecule has 2 aromatic heterocycles. The molecular formula is C26H27ClN4O3. The van der Waals surface area contributed by atoms with Gasteiger partial charge in [-0.15, -0.1) is 0 Å². The van der Waals surface area contributed by atoms with Crippen LogP contribution in [0.5, 0.6) is 5.75 Å². The Morgan fingerprint density at radius 1 is 1.06 bits per heavy atom. The van der Waals surface area contributed by atoms with Crippen LogP contribution in [-0.4, -0.2) is 53.1 Å². The van der Waals surface area contributed by atoms with Gasteiger partial charge in [0.15, 0.2) is 5.65 Å².